The number of carbonyl (C=O) groups excluding carboxylic acids is 2. The molecule has 1 aliphatic rings. The lowest BCUT2D eigenvalue weighted by Crippen LogP contribution is -2.47. The Kier molecular flexibility index (Phi) is 5.30. The van der Waals surface area contributed by atoms with Crippen molar-refractivity contribution in [3.8, 4) is 0 Å². The van der Waals surface area contributed by atoms with Gasteiger partial charge in [-0.1, -0.05) is 19.1 Å². The SMILES string of the molecule is CC(C)CN1C[C@H](C(=O)NCCn2ccnn2)CCC1=O. The molecule has 0 spiro atoms. The smallest absolute Gasteiger partial charge is 0.224 e. The van der Waals surface area contributed by atoms with Gasteiger partial charge in [-0.15, -0.1) is 5.10 Å². The van der Waals surface area contributed by atoms with E-state index in [-0.39, 0.29) is 17.7 Å². The van der Waals surface area contributed by atoms with Crippen LogP contribution in [-0.4, -0.2) is 51.3 Å². The van der Waals surface area contributed by atoms with Crippen LogP contribution in [0.2, 0.25) is 0 Å². The van der Waals surface area contributed by atoms with Crippen molar-refractivity contribution in [2.24, 2.45) is 11.8 Å². The fraction of sp³-hybridized carbons (Fsp3) is 0.714. The maximum Gasteiger partial charge on any atom is 0.224 e. The number of aromatic nitrogens is 3. The highest BCUT2D eigenvalue weighted by molar-refractivity contribution is 5.83. The Balaban J connectivity index is 1.77. The Hall–Kier alpha value is -1.92. The van der Waals surface area contributed by atoms with Crippen LogP contribution in [0.3, 0.4) is 0 Å². The molecule has 0 aliphatic carbocycles. The first-order valence-corrected chi connectivity index (χ1v) is 7.46. The van der Waals surface area contributed by atoms with Crippen LogP contribution in [0.15, 0.2) is 12.4 Å². The lowest BCUT2D eigenvalue weighted by molar-refractivity contribution is -0.138. The molecule has 2 heterocycles. The largest absolute Gasteiger partial charge is 0.354 e. The first kappa shape index (κ1) is 15.5. The third kappa shape index (κ3) is 4.54. The fourth-order valence-electron chi connectivity index (χ4n) is 2.54. The van der Waals surface area contributed by atoms with Crippen molar-refractivity contribution >= 4 is 11.8 Å². The third-order valence-electron chi connectivity index (χ3n) is 3.57. The molecule has 0 radical (unpaired) electrons. The number of rotatable bonds is 6. The Bertz CT molecular complexity index is 472. The minimum Gasteiger partial charge on any atom is -0.354 e. The molecular formula is C14H23N5O2. The lowest BCUT2D eigenvalue weighted by atomic mass is 9.96. The second-order valence-electron chi connectivity index (χ2n) is 5.89. The number of carbonyl (C=O) groups is 2. The van der Waals surface area contributed by atoms with Crippen molar-refractivity contribution in [2.45, 2.75) is 33.2 Å². The average molecular weight is 293 g/mol. The number of likely N-dealkylation sites (tertiary alicyclic amines) is 1. The number of piperidine rings is 1. The van der Waals surface area contributed by atoms with E-state index in [2.05, 4.69) is 29.5 Å². The molecule has 1 saturated heterocycles. The van der Waals surface area contributed by atoms with E-state index in [9.17, 15) is 9.59 Å². The van der Waals surface area contributed by atoms with E-state index < -0.39 is 0 Å². The highest BCUT2D eigenvalue weighted by Crippen LogP contribution is 2.18. The van der Waals surface area contributed by atoms with E-state index in [0.29, 0.717) is 38.4 Å². The van der Waals surface area contributed by atoms with Crippen molar-refractivity contribution in [2.75, 3.05) is 19.6 Å². The topological polar surface area (TPSA) is 80.1 Å². The van der Waals surface area contributed by atoms with Gasteiger partial charge in [-0.2, -0.15) is 0 Å². The average Bonchev–Trinajstić information content (AvgIpc) is 2.94. The summed E-state index contributed by atoms with van der Waals surface area (Å²) in [5.74, 6) is 0.506. The summed E-state index contributed by atoms with van der Waals surface area (Å²) in [4.78, 5) is 25.8. The molecule has 1 aromatic rings. The van der Waals surface area contributed by atoms with E-state index in [0.717, 1.165) is 6.54 Å². The Morgan fingerprint density at radius 3 is 3.00 bits per heavy atom. The van der Waals surface area contributed by atoms with E-state index >= 15 is 0 Å². The number of hydrogen-bond acceptors (Lipinski definition) is 4. The first-order chi connectivity index (χ1) is 10.1. The van der Waals surface area contributed by atoms with E-state index in [1.54, 1.807) is 17.1 Å². The predicted molar refractivity (Wildman–Crippen MR) is 77.2 cm³/mol. The van der Waals surface area contributed by atoms with Crippen LogP contribution in [0.5, 0.6) is 0 Å². The highest BCUT2D eigenvalue weighted by atomic mass is 16.2. The number of nitrogens with one attached hydrogen (secondary N) is 1. The first-order valence-electron chi connectivity index (χ1n) is 7.46. The van der Waals surface area contributed by atoms with E-state index in [1.165, 1.54) is 0 Å². The molecule has 2 amide bonds. The van der Waals surface area contributed by atoms with Gasteiger partial charge in [0.2, 0.25) is 11.8 Å². The minimum atomic E-state index is -0.0998. The van der Waals surface area contributed by atoms with E-state index in [4.69, 9.17) is 0 Å². The molecule has 1 atom stereocenters. The summed E-state index contributed by atoms with van der Waals surface area (Å²) in [6.45, 7) is 6.54. The zero-order valence-corrected chi connectivity index (χ0v) is 12.7. The van der Waals surface area contributed by atoms with Crippen LogP contribution in [0, 0.1) is 11.8 Å². The number of amides is 2. The number of hydrogen-bond donors (Lipinski definition) is 1. The maximum absolute atomic E-state index is 12.2. The second kappa shape index (κ2) is 7.19. The normalized spacial score (nSPS) is 19.1. The van der Waals surface area contributed by atoms with Gasteiger partial charge in [0.15, 0.2) is 0 Å². The summed E-state index contributed by atoms with van der Waals surface area (Å²) in [6, 6.07) is 0. The molecule has 116 valence electrons. The predicted octanol–water partition coefficient (Wildman–Crippen LogP) is 0.289. The molecule has 0 unspecified atom stereocenters. The molecule has 21 heavy (non-hydrogen) atoms. The maximum atomic E-state index is 12.2. The standard InChI is InChI=1S/C14H23N5O2/c1-11(2)9-18-10-12(3-4-13(18)20)14(21)15-5-7-19-8-6-16-17-19/h6,8,11-12H,3-5,7,9-10H2,1-2H3,(H,15,21)/t12-/m1/s1. The summed E-state index contributed by atoms with van der Waals surface area (Å²) in [5.41, 5.74) is 0. The molecular weight excluding hydrogens is 270 g/mol. The summed E-state index contributed by atoms with van der Waals surface area (Å²) in [6.07, 6.45) is 4.48. The van der Waals surface area contributed by atoms with Crippen LogP contribution in [0.4, 0.5) is 0 Å². The van der Waals surface area contributed by atoms with Crippen molar-refractivity contribution < 1.29 is 9.59 Å². The molecule has 7 nitrogen and oxygen atoms in total. The fourth-order valence-corrected chi connectivity index (χ4v) is 2.54. The molecule has 1 aliphatic heterocycles. The molecule has 2 rings (SSSR count). The van der Waals surface area contributed by atoms with Gasteiger partial charge in [0.25, 0.3) is 0 Å². The Morgan fingerprint density at radius 2 is 2.33 bits per heavy atom. The summed E-state index contributed by atoms with van der Waals surface area (Å²) >= 11 is 0. The lowest BCUT2D eigenvalue weighted by Gasteiger charge is -2.33. The Morgan fingerprint density at radius 1 is 1.52 bits per heavy atom. The van der Waals surface area contributed by atoms with Crippen molar-refractivity contribution in [3.05, 3.63) is 12.4 Å². The van der Waals surface area contributed by atoms with Crippen LogP contribution >= 0.6 is 0 Å². The molecule has 1 N–H and O–H groups in total. The van der Waals surface area contributed by atoms with Gasteiger partial charge in [0.05, 0.1) is 18.7 Å². The summed E-state index contributed by atoms with van der Waals surface area (Å²) in [5, 5.41) is 10.5. The minimum absolute atomic E-state index is 0.0244. The molecule has 0 bridgehead atoms. The van der Waals surface area contributed by atoms with Crippen LogP contribution in [0.1, 0.15) is 26.7 Å². The highest BCUT2D eigenvalue weighted by Gasteiger charge is 2.30. The van der Waals surface area contributed by atoms with Gasteiger partial charge in [-0.3, -0.25) is 14.3 Å². The molecule has 7 heteroatoms. The molecule has 1 aromatic heterocycles. The molecule has 0 aromatic carbocycles. The van der Waals surface area contributed by atoms with E-state index in [1.807, 2.05) is 4.90 Å². The summed E-state index contributed by atoms with van der Waals surface area (Å²) in [7, 11) is 0. The monoisotopic (exact) mass is 293 g/mol. The second-order valence-corrected chi connectivity index (χ2v) is 5.89. The van der Waals surface area contributed by atoms with Crippen molar-refractivity contribution in [1.29, 1.82) is 0 Å². The van der Waals surface area contributed by atoms with Crippen molar-refractivity contribution in [1.82, 2.24) is 25.2 Å². The quantitative estimate of drug-likeness (QED) is 0.817. The van der Waals surface area contributed by atoms with Crippen molar-refractivity contribution in [3.63, 3.8) is 0 Å². The zero-order chi connectivity index (χ0) is 15.2. The van der Waals surface area contributed by atoms with Crippen LogP contribution in [0.25, 0.3) is 0 Å². The van der Waals surface area contributed by atoms with Gasteiger partial charge in [0.1, 0.15) is 0 Å². The number of nitrogens with zero attached hydrogens (tertiary/aromatic N) is 4. The molecule has 1 fully saturated rings. The molecule has 0 saturated carbocycles. The van der Waals surface area contributed by atoms with Crippen LogP contribution < -0.4 is 5.32 Å². The third-order valence-corrected chi connectivity index (χ3v) is 3.57. The summed E-state index contributed by atoms with van der Waals surface area (Å²) < 4.78 is 1.68. The van der Waals surface area contributed by atoms with Gasteiger partial charge < -0.3 is 10.2 Å². The van der Waals surface area contributed by atoms with Crippen LogP contribution in [-0.2, 0) is 16.1 Å². The zero-order valence-electron chi connectivity index (χ0n) is 12.7. The Labute approximate surface area is 124 Å². The van der Waals surface area contributed by atoms with Gasteiger partial charge in [-0.05, 0) is 12.3 Å². The van der Waals surface area contributed by atoms with Gasteiger partial charge >= 0.3 is 0 Å². The van der Waals surface area contributed by atoms with Gasteiger partial charge in [0, 0.05) is 32.3 Å². The van der Waals surface area contributed by atoms with Gasteiger partial charge in [-0.25, -0.2) is 0 Å².